The fourth-order valence-electron chi connectivity index (χ4n) is 0.679. The van der Waals surface area contributed by atoms with Gasteiger partial charge in [0, 0.05) is 0 Å². The first kappa shape index (κ1) is 8.06. The average Bonchev–Trinajstić information content (AvgIpc) is 1.85. The first-order chi connectivity index (χ1) is 5.09. The van der Waals surface area contributed by atoms with E-state index < -0.39 is 17.1 Å². The van der Waals surface area contributed by atoms with E-state index in [2.05, 4.69) is 4.99 Å². The highest BCUT2D eigenvalue weighted by Crippen LogP contribution is 2.20. The second-order valence-corrected chi connectivity index (χ2v) is 3.22. The summed E-state index contributed by atoms with van der Waals surface area (Å²) in [7, 11) is 0. The molecule has 0 saturated heterocycles. The maximum Gasteiger partial charge on any atom is 0.317 e. The van der Waals surface area contributed by atoms with Crippen LogP contribution in [0, 0.1) is 0 Å². The third kappa shape index (κ3) is 1.94. The number of carbonyl (C=O) groups excluding carboxylic acids is 1. The molecule has 0 spiro atoms. The lowest BCUT2D eigenvalue weighted by Gasteiger charge is -2.12. The van der Waals surface area contributed by atoms with E-state index in [4.69, 9.17) is 10.8 Å². The van der Waals surface area contributed by atoms with Gasteiger partial charge in [-0.25, -0.2) is 0 Å². The lowest BCUT2D eigenvalue weighted by molar-refractivity contribution is -0.137. The van der Waals surface area contributed by atoms with Gasteiger partial charge in [-0.1, -0.05) is 11.8 Å². The van der Waals surface area contributed by atoms with Gasteiger partial charge in [-0.15, -0.1) is 0 Å². The first-order valence-electron chi connectivity index (χ1n) is 2.86. The minimum atomic E-state index is -1.03. The standard InChI is InChI=1S/C5H6N2O3S/c6-5-7-3(8)1-2(11-5)4(9)10/h2H,1H2,(H,9,10)(H2,6,7,8)/t2-/m1/s1. The number of amides is 1. The van der Waals surface area contributed by atoms with Crippen LogP contribution in [0.2, 0.25) is 0 Å². The second kappa shape index (κ2) is 2.91. The summed E-state index contributed by atoms with van der Waals surface area (Å²) in [6, 6.07) is 0. The van der Waals surface area contributed by atoms with Crippen molar-refractivity contribution in [2.24, 2.45) is 10.7 Å². The Balaban J connectivity index is 2.72. The molecule has 0 saturated carbocycles. The van der Waals surface area contributed by atoms with Gasteiger partial charge in [-0.2, -0.15) is 4.99 Å². The largest absolute Gasteiger partial charge is 0.480 e. The maximum absolute atomic E-state index is 10.6. The van der Waals surface area contributed by atoms with Crippen LogP contribution in [0.3, 0.4) is 0 Å². The topological polar surface area (TPSA) is 92.8 Å². The number of aliphatic carboxylic acids is 1. The smallest absolute Gasteiger partial charge is 0.317 e. The van der Waals surface area contributed by atoms with Gasteiger partial charge in [-0.3, -0.25) is 9.59 Å². The van der Waals surface area contributed by atoms with Crippen molar-refractivity contribution in [1.82, 2.24) is 0 Å². The van der Waals surface area contributed by atoms with Crippen LogP contribution >= 0.6 is 11.8 Å². The minimum Gasteiger partial charge on any atom is -0.480 e. The molecule has 0 aliphatic carbocycles. The van der Waals surface area contributed by atoms with E-state index >= 15 is 0 Å². The summed E-state index contributed by atoms with van der Waals surface area (Å²) in [6.07, 6.45) is -0.0687. The highest BCUT2D eigenvalue weighted by Gasteiger charge is 2.27. The van der Waals surface area contributed by atoms with Crippen LogP contribution in [-0.2, 0) is 9.59 Å². The van der Waals surface area contributed by atoms with Crippen molar-refractivity contribution < 1.29 is 14.7 Å². The summed E-state index contributed by atoms with van der Waals surface area (Å²) >= 11 is 0.906. The minimum absolute atomic E-state index is 0.0358. The zero-order valence-electron chi connectivity index (χ0n) is 5.48. The molecule has 1 atom stereocenters. The predicted molar refractivity (Wildman–Crippen MR) is 40.3 cm³/mol. The van der Waals surface area contributed by atoms with Gasteiger partial charge < -0.3 is 10.8 Å². The van der Waals surface area contributed by atoms with Crippen molar-refractivity contribution >= 4 is 28.8 Å². The number of carbonyl (C=O) groups is 2. The molecule has 1 rings (SSSR count). The van der Waals surface area contributed by atoms with E-state index in [9.17, 15) is 9.59 Å². The summed E-state index contributed by atoms with van der Waals surface area (Å²) in [4.78, 5) is 24.4. The van der Waals surface area contributed by atoms with Gasteiger partial charge in [0.05, 0.1) is 6.42 Å². The van der Waals surface area contributed by atoms with E-state index in [-0.39, 0.29) is 11.6 Å². The molecule has 0 aromatic rings. The molecule has 0 aromatic heterocycles. The van der Waals surface area contributed by atoms with Gasteiger partial charge in [0.1, 0.15) is 5.25 Å². The van der Waals surface area contributed by atoms with Crippen molar-refractivity contribution in [3.8, 4) is 0 Å². The molecule has 60 valence electrons. The molecule has 1 amide bonds. The van der Waals surface area contributed by atoms with Crippen LogP contribution < -0.4 is 5.73 Å². The average molecular weight is 174 g/mol. The van der Waals surface area contributed by atoms with E-state index in [1.54, 1.807) is 0 Å². The number of thioether (sulfide) groups is 1. The predicted octanol–water partition coefficient (Wildman–Crippen LogP) is -0.582. The number of carboxylic acids is 1. The van der Waals surface area contributed by atoms with Crippen molar-refractivity contribution in [2.45, 2.75) is 11.7 Å². The van der Waals surface area contributed by atoms with Crippen LogP contribution in [0.25, 0.3) is 0 Å². The molecule has 0 bridgehead atoms. The fourth-order valence-corrected chi connectivity index (χ4v) is 1.45. The van der Waals surface area contributed by atoms with Crippen molar-refractivity contribution in [2.75, 3.05) is 0 Å². The van der Waals surface area contributed by atoms with Crippen molar-refractivity contribution in [3.05, 3.63) is 0 Å². The van der Waals surface area contributed by atoms with Crippen LogP contribution in [0.1, 0.15) is 6.42 Å². The molecule has 0 fully saturated rings. The number of nitrogens with two attached hydrogens (primary N) is 1. The second-order valence-electron chi connectivity index (χ2n) is 1.99. The van der Waals surface area contributed by atoms with E-state index in [1.165, 1.54) is 0 Å². The Morgan fingerprint density at radius 2 is 2.45 bits per heavy atom. The molecular formula is C5H6N2O3S. The molecule has 3 N–H and O–H groups in total. The molecule has 1 aliphatic heterocycles. The summed E-state index contributed by atoms with van der Waals surface area (Å²) < 4.78 is 0. The Morgan fingerprint density at radius 3 is 2.91 bits per heavy atom. The third-order valence-corrected chi connectivity index (χ3v) is 2.12. The number of carboxylic acid groups (broad SMARTS) is 1. The summed E-state index contributed by atoms with van der Waals surface area (Å²) in [5, 5.41) is 7.76. The zero-order chi connectivity index (χ0) is 8.43. The number of hydrogen-bond acceptors (Lipinski definition) is 4. The lowest BCUT2D eigenvalue weighted by atomic mass is 10.3. The molecule has 11 heavy (non-hydrogen) atoms. The molecule has 1 aliphatic rings. The van der Waals surface area contributed by atoms with E-state index in [0.717, 1.165) is 11.8 Å². The number of nitrogens with zero attached hydrogens (tertiary/aromatic N) is 1. The summed E-state index contributed by atoms with van der Waals surface area (Å²) in [5.74, 6) is -1.49. The Bertz CT molecular complexity index is 238. The highest BCUT2D eigenvalue weighted by atomic mass is 32.2. The molecule has 5 nitrogen and oxygen atoms in total. The van der Waals surface area contributed by atoms with Gasteiger partial charge in [0.15, 0.2) is 5.17 Å². The van der Waals surface area contributed by atoms with E-state index in [1.807, 2.05) is 0 Å². The third-order valence-electron chi connectivity index (χ3n) is 1.13. The normalized spacial score (nSPS) is 24.5. The van der Waals surface area contributed by atoms with Crippen molar-refractivity contribution in [3.63, 3.8) is 0 Å². The highest BCUT2D eigenvalue weighted by molar-refractivity contribution is 8.15. The maximum atomic E-state index is 10.6. The fraction of sp³-hybridized carbons (Fsp3) is 0.400. The van der Waals surface area contributed by atoms with Crippen LogP contribution in [0.5, 0.6) is 0 Å². The van der Waals surface area contributed by atoms with Gasteiger partial charge >= 0.3 is 5.97 Å². The summed E-state index contributed by atoms with van der Waals surface area (Å²) in [6.45, 7) is 0. The SMILES string of the molecule is NC1=NC(=O)C[C@H](C(=O)O)S1. The number of aliphatic imine (C=N–C) groups is 1. The number of rotatable bonds is 1. The molecule has 0 radical (unpaired) electrons. The Morgan fingerprint density at radius 1 is 1.82 bits per heavy atom. The van der Waals surface area contributed by atoms with Crippen LogP contribution in [-0.4, -0.2) is 27.4 Å². The molecule has 0 unspecified atom stereocenters. The Labute approximate surface area is 66.7 Å². The van der Waals surface area contributed by atoms with Gasteiger partial charge in [0.25, 0.3) is 0 Å². The molecular weight excluding hydrogens is 168 g/mol. The first-order valence-corrected chi connectivity index (χ1v) is 3.74. The van der Waals surface area contributed by atoms with Crippen LogP contribution in [0.4, 0.5) is 0 Å². The van der Waals surface area contributed by atoms with E-state index in [0.29, 0.717) is 0 Å². The summed E-state index contributed by atoms with van der Waals surface area (Å²) in [5.41, 5.74) is 5.18. The zero-order valence-corrected chi connectivity index (χ0v) is 6.30. The molecule has 1 heterocycles. The Kier molecular flexibility index (Phi) is 2.13. The quantitative estimate of drug-likeness (QED) is 0.554. The number of hydrogen-bond donors (Lipinski definition) is 2. The van der Waals surface area contributed by atoms with Gasteiger partial charge in [-0.05, 0) is 0 Å². The monoisotopic (exact) mass is 174 g/mol. The van der Waals surface area contributed by atoms with Crippen molar-refractivity contribution in [1.29, 1.82) is 0 Å². The Hall–Kier alpha value is -1.04. The van der Waals surface area contributed by atoms with Gasteiger partial charge in [0.2, 0.25) is 5.91 Å². The van der Waals surface area contributed by atoms with Crippen LogP contribution in [0.15, 0.2) is 4.99 Å². The lowest BCUT2D eigenvalue weighted by Crippen LogP contribution is -2.28. The number of amidine groups is 1. The molecule has 0 aromatic carbocycles. The molecule has 6 heteroatoms.